The lowest BCUT2D eigenvalue weighted by Gasteiger charge is -2.32. The first-order chi connectivity index (χ1) is 26.9. The fraction of sp³-hybridized carbons (Fsp3) is 0.294. The van der Waals surface area contributed by atoms with Crippen LogP contribution in [0.5, 0.6) is 0 Å². The van der Waals surface area contributed by atoms with Crippen molar-refractivity contribution in [1.82, 2.24) is 0 Å². The molecule has 0 aliphatic heterocycles. The van der Waals surface area contributed by atoms with E-state index in [-0.39, 0.29) is 3.42 Å². The van der Waals surface area contributed by atoms with Crippen LogP contribution in [0.25, 0.3) is 11.1 Å². The van der Waals surface area contributed by atoms with Gasteiger partial charge in [0.05, 0.1) is 14.8 Å². The number of halogens is 3. The van der Waals surface area contributed by atoms with Gasteiger partial charge in [-0.15, -0.1) is 0 Å². The Morgan fingerprint density at radius 2 is 0.821 bits per heavy atom. The molecule has 0 fully saturated rings. The molecule has 0 atom stereocenters. The van der Waals surface area contributed by atoms with Crippen molar-refractivity contribution in [3.05, 3.63) is 163 Å². The largest absolute Gasteiger partial charge is 0.310 e. The van der Waals surface area contributed by atoms with Gasteiger partial charge in [-0.2, -0.15) is 0 Å². The zero-order valence-electron chi connectivity index (χ0n) is 33.9. The smallest absolute Gasteiger partial charge is 0.0732 e. The van der Waals surface area contributed by atoms with Gasteiger partial charge in [0.15, 0.2) is 0 Å². The van der Waals surface area contributed by atoms with E-state index in [1.54, 1.807) is 0 Å². The number of anilines is 6. The minimum atomic E-state index is -0.190. The maximum Gasteiger partial charge on any atom is 0.0732 e. The first-order valence-electron chi connectivity index (χ1n) is 20.1. The van der Waals surface area contributed by atoms with Gasteiger partial charge in [0.2, 0.25) is 0 Å². The summed E-state index contributed by atoms with van der Waals surface area (Å²) in [6.07, 6.45) is 8.75. The molecule has 7 rings (SSSR count). The van der Waals surface area contributed by atoms with E-state index >= 15 is 0 Å². The summed E-state index contributed by atoms with van der Waals surface area (Å²) in [7, 11) is 0. The Balaban J connectivity index is 1.40. The van der Waals surface area contributed by atoms with Gasteiger partial charge in [-0.25, -0.2) is 0 Å². The third kappa shape index (κ3) is 8.15. The Morgan fingerprint density at radius 1 is 0.464 bits per heavy atom. The second-order valence-corrected chi connectivity index (χ2v) is 19.6. The predicted octanol–water partition coefficient (Wildman–Crippen LogP) is 17.4. The molecule has 0 saturated heterocycles. The number of unbranched alkanes of at least 4 members (excludes halogenated alkanes) is 5. The minimum Gasteiger partial charge on any atom is -0.310 e. The van der Waals surface area contributed by atoms with Crippen LogP contribution in [0.4, 0.5) is 34.1 Å². The molecule has 2 nitrogen and oxygen atoms in total. The van der Waals surface area contributed by atoms with Crippen molar-refractivity contribution in [3.8, 4) is 11.1 Å². The van der Waals surface area contributed by atoms with Gasteiger partial charge in [-0.3, -0.25) is 0 Å². The summed E-state index contributed by atoms with van der Waals surface area (Å²) in [4.78, 5) is 4.95. The number of rotatable bonds is 13. The SMILES string of the molecule is CCCCCCCCC1(I)c2cc(N(c3ccc(Br)cc3)c3c(C)cc(C)cc3C)ccc2-c2ccc(N(c3ccc(Br)cc3)c3c(C)cc(C)cc3C)cc21. The first kappa shape index (κ1) is 40.8. The quantitative estimate of drug-likeness (QED) is 0.0646. The summed E-state index contributed by atoms with van der Waals surface area (Å²) < 4.78 is 1.97. The molecule has 0 saturated carbocycles. The molecule has 0 radical (unpaired) electrons. The minimum absolute atomic E-state index is 0.190. The number of hydrogen-bond acceptors (Lipinski definition) is 2. The molecule has 6 aromatic carbocycles. The monoisotopic (exact) mass is 978 g/mol. The Bertz CT molecular complexity index is 2160. The standard InChI is InChI=1S/C51H53Br2IN2/c1-8-9-10-11-12-13-26-51(54)47-31-43(55(41-18-14-39(52)15-19-41)49-35(4)27-33(2)28-36(49)5)22-24-45(47)46-25-23-44(32-48(46)51)56(42-20-16-40(53)17-21-42)50-37(6)29-34(3)30-38(50)7/h14-25,27-32H,8-13,26H2,1-7H3. The highest BCUT2D eigenvalue weighted by atomic mass is 127. The van der Waals surface area contributed by atoms with Crippen molar-refractivity contribution in [1.29, 1.82) is 0 Å². The van der Waals surface area contributed by atoms with E-state index in [1.165, 1.54) is 117 Å². The molecule has 288 valence electrons. The summed E-state index contributed by atoms with van der Waals surface area (Å²) in [5.74, 6) is 0. The highest BCUT2D eigenvalue weighted by Crippen LogP contribution is 2.58. The van der Waals surface area contributed by atoms with Gasteiger partial charge in [-0.05, 0) is 165 Å². The molecule has 0 spiro atoms. The number of nitrogens with zero attached hydrogens (tertiary/aromatic N) is 2. The summed E-state index contributed by atoms with van der Waals surface area (Å²) in [5.41, 5.74) is 20.4. The summed E-state index contributed by atoms with van der Waals surface area (Å²) in [6, 6.07) is 41.3. The number of benzene rings is 6. The van der Waals surface area contributed by atoms with Crippen LogP contribution in [-0.4, -0.2) is 0 Å². The Hall–Kier alpha value is -3.39. The molecule has 0 aromatic heterocycles. The van der Waals surface area contributed by atoms with Crippen LogP contribution in [-0.2, 0) is 3.42 Å². The van der Waals surface area contributed by atoms with Gasteiger partial charge in [0.1, 0.15) is 0 Å². The van der Waals surface area contributed by atoms with E-state index in [2.05, 4.69) is 222 Å². The highest BCUT2D eigenvalue weighted by molar-refractivity contribution is 14.1. The van der Waals surface area contributed by atoms with Crippen LogP contribution >= 0.6 is 54.5 Å². The van der Waals surface area contributed by atoms with E-state index in [0.29, 0.717) is 0 Å². The van der Waals surface area contributed by atoms with Crippen molar-refractivity contribution < 1.29 is 0 Å². The van der Waals surface area contributed by atoms with Gasteiger partial charge in [-0.1, -0.05) is 147 Å². The molecular weight excluding hydrogens is 927 g/mol. The zero-order chi connectivity index (χ0) is 39.7. The van der Waals surface area contributed by atoms with Crippen molar-refractivity contribution in [2.45, 2.75) is 96.8 Å². The second-order valence-electron chi connectivity index (χ2n) is 15.9. The molecule has 56 heavy (non-hydrogen) atoms. The lowest BCUT2D eigenvalue weighted by Crippen LogP contribution is -2.19. The maximum absolute atomic E-state index is 3.70. The van der Waals surface area contributed by atoms with Crippen molar-refractivity contribution >= 4 is 88.6 Å². The molecule has 5 heteroatoms. The number of aryl methyl sites for hydroxylation is 6. The molecular formula is C51H53Br2IN2. The van der Waals surface area contributed by atoms with E-state index in [1.807, 2.05) is 0 Å². The highest BCUT2D eigenvalue weighted by Gasteiger charge is 2.42. The fourth-order valence-electron chi connectivity index (χ4n) is 9.08. The molecule has 0 heterocycles. The van der Waals surface area contributed by atoms with E-state index in [9.17, 15) is 0 Å². The summed E-state index contributed by atoms with van der Waals surface area (Å²) in [6.45, 7) is 15.7. The Morgan fingerprint density at radius 3 is 1.21 bits per heavy atom. The molecule has 1 aliphatic rings. The third-order valence-corrected chi connectivity index (χ3v) is 14.2. The van der Waals surface area contributed by atoms with Crippen LogP contribution in [0.15, 0.2) is 118 Å². The average Bonchev–Trinajstić information content (AvgIpc) is 3.40. The lowest BCUT2D eigenvalue weighted by atomic mass is 9.90. The van der Waals surface area contributed by atoms with Crippen molar-refractivity contribution in [3.63, 3.8) is 0 Å². The maximum atomic E-state index is 3.70. The van der Waals surface area contributed by atoms with E-state index < -0.39 is 0 Å². The van der Waals surface area contributed by atoms with Crippen LogP contribution < -0.4 is 9.80 Å². The molecule has 0 N–H and O–H groups in total. The van der Waals surface area contributed by atoms with Gasteiger partial charge < -0.3 is 9.80 Å². The van der Waals surface area contributed by atoms with Gasteiger partial charge in [0.25, 0.3) is 0 Å². The van der Waals surface area contributed by atoms with E-state index in [4.69, 9.17) is 0 Å². The van der Waals surface area contributed by atoms with Crippen molar-refractivity contribution in [2.75, 3.05) is 9.80 Å². The molecule has 0 bridgehead atoms. The van der Waals surface area contributed by atoms with E-state index in [0.717, 1.165) is 26.7 Å². The molecule has 0 amide bonds. The van der Waals surface area contributed by atoms with Crippen molar-refractivity contribution in [2.24, 2.45) is 0 Å². The van der Waals surface area contributed by atoms with Gasteiger partial charge >= 0.3 is 0 Å². The third-order valence-electron chi connectivity index (χ3n) is 11.4. The number of hydrogen-bond donors (Lipinski definition) is 0. The van der Waals surface area contributed by atoms with Crippen LogP contribution in [0.3, 0.4) is 0 Å². The summed E-state index contributed by atoms with van der Waals surface area (Å²) in [5, 5.41) is 0. The van der Waals surface area contributed by atoms with Gasteiger partial charge in [0, 0.05) is 31.7 Å². The first-order valence-corrected chi connectivity index (χ1v) is 22.8. The predicted molar refractivity (Wildman–Crippen MR) is 258 cm³/mol. The Labute approximate surface area is 366 Å². The molecule has 0 unspecified atom stereocenters. The summed E-state index contributed by atoms with van der Waals surface area (Å²) >= 11 is 10.2. The molecule has 1 aliphatic carbocycles. The van der Waals surface area contributed by atoms with Crippen LogP contribution in [0.1, 0.15) is 96.4 Å². The lowest BCUT2D eigenvalue weighted by molar-refractivity contribution is 0.563. The normalized spacial score (nSPS) is 12.8. The molecule has 6 aromatic rings. The zero-order valence-corrected chi connectivity index (χ0v) is 39.2. The number of alkyl halides is 1. The topological polar surface area (TPSA) is 6.48 Å². The fourth-order valence-corrected chi connectivity index (χ4v) is 10.9. The van der Waals surface area contributed by atoms with Crippen LogP contribution in [0, 0.1) is 41.5 Å². The Kier molecular flexibility index (Phi) is 12.5. The van der Waals surface area contributed by atoms with Crippen LogP contribution in [0.2, 0.25) is 0 Å². The average molecular weight is 981 g/mol. The second kappa shape index (κ2) is 17.2. The number of fused-ring (bicyclic) bond motifs is 3.